The average molecular weight is 550 g/mol. The van der Waals surface area contributed by atoms with Gasteiger partial charge in [0.05, 0.1) is 6.54 Å². The van der Waals surface area contributed by atoms with E-state index in [4.69, 9.17) is 9.47 Å². The molecule has 0 unspecified atom stereocenters. The number of hydrogen-bond donors (Lipinski definition) is 1. The Morgan fingerprint density at radius 3 is 2.08 bits per heavy atom. The van der Waals surface area contributed by atoms with Gasteiger partial charge in [-0.15, -0.1) is 0 Å². The molecule has 0 saturated carbocycles. The first-order valence-electron chi connectivity index (χ1n) is 14.1. The normalized spacial score (nSPS) is 19.7. The molecule has 2 saturated heterocycles. The molecule has 2 aromatic carbocycles. The fraction of sp³-hybridized carbons (Fsp3) is 0.484. The number of carbonyl (C=O) groups is 4. The molecule has 214 valence electrons. The Morgan fingerprint density at radius 2 is 1.45 bits per heavy atom. The monoisotopic (exact) mass is 549 g/mol. The third-order valence-electron chi connectivity index (χ3n) is 7.68. The van der Waals surface area contributed by atoms with Crippen LogP contribution in [0.2, 0.25) is 0 Å². The van der Waals surface area contributed by atoms with Gasteiger partial charge in [0.25, 0.3) is 0 Å². The first-order valence-corrected chi connectivity index (χ1v) is 14.1. The molecule has 0 spiro atoms. The molecule has 2 aromatic rings. The quantitative estimate of drug-likeness (QED) is 0.406. The van der Waals surface area contributed by atoms with E-state index in [-0.39, 0.29) is 32.0 Å². The molecule has 9 nitrogen and oxygen atoms in total. The van der Waals surface area contributed by atoms with Crippen LogP contribution in [0.3, 0.4) is 0 Å². The molecule has 2 aliphatic rings. The molecule has 0 aliphatic carbocycles. The number of esters is 2. The van der Waals surface area contributed by atoms with E-state index in [1.165, 1.54) is 0 Å². The van der Waals surface area contributed by atoms with Crippen LogP contribution in [0.1, 0.15) is 56.6 Å². The van der Waals surface area contributed by atoms with Crippen molar-refractivity contribution >= 4 is 23.8 Å². The van der Waals surface area contributed by atoms with Crippen molar-refractivity contribution < 1.29 is 28.7 Å². The van der Waals surface area contributed by atoms with E-state index in [1.807, 2.05) is 60.7 Å². The van der Waals surface area contributed by atoms with Crippen LogP contribution in [0, 0.1) is 0 Å². The van der Waals surface area contributed by atoms with Crippen LogP contribution in [-0.4, -0.2) is 71.3 Å². The van der Waals surface area contributed by atoms with E-state index >= 15 is 0 Å². The molecule has 40 heavy (non-hydrogen) atoms. The summed E-state index contributed by atoms with van der Waals surface area (Å²) in [6, 6.07) is 17.5. The summed E-state index contributed by atoms with van der Waals surface area (Å²) in [4.78, 5) is 56.2. The first-order chi connectivity index (χ1) is 19.3. The summed E-state index contributed by atoms with van der Waals surface area (Å²) in [6.07, 6.45) is 3.29. The minimum absolute atomic E-state index is 0.0186. The van der Waals surface area contributed by atoms with Crippen molar-refractivity contribution in [3.05, 3.63) is 71.8 Å². The van der Waals surface area contributed by atoms with E-state index in [1.54, 1.807) is 11.8 Å². The van der Waals surface area contributed by atoms with Gasteiger partial charge in [0.15, 0.2) is 0 Å². The Kier molecular flexibility index (Phi) is 10.3. The van der Waals surface area contributed by atoms with Crippen LogP contribution in [0.25, 0.3) is 0 Å². The van der Waals surface area contributed by atoms with Gasteiger partial charge in [0.2, 0.25) is 11.8 Å². The Bertz CT molecular complexity index is 1150. The molecule has 2 fully saturated rings. The fourth-order valence-corrected chi connectivity index (χ4v) is 5.28. The smallest absolute Gasteiger partial charge is 0.328 e. The molecule has 9 heteroatoms. The second-order valence-electron chi connectivity index (χ2n) is 10.7. The third-order valence-corrected chi connectivity index (χ3v) is 7.68. The summed E-state index contributed by atoms with van der Waals surface area (Å²) in [5.41, 5.74) is 0.586. The number of rotatable bonds is 12. The largest absolute Gasteiger partial charge is 0.461 e. The van der Waals surface area contributed by atoms with E-state index < -0.39 is 29.4 Å². The molecule has 0 radical (unpaired) electrons. The standard InChI is InChI=1S/C31H39N3O6/c1-31(17-10-20-34(31)27(35)21-33-18-8-9-19-33)30(38)32-26(29(37)40-23-25-13-6-3-7-14-25)15-16-28(36)39-22-24-11-4-2-5-12-24/h2-7,11-14,26H,8-10,15-23H2,1H3,(H,32,38)/t26-,31-/m0/s1. The lowest BCUT2D eigenvalue weighted by molar-refractivity contribution is -0.152. The molecule has 0 bridgehead atoms. The van der Waals surface area contributed by atoms with Crippen LogP contribution < -0.4 is 5.32 Å². The predicted molar refractivity (Wildman–Crippen MR) is 149 cm³/mol. The maximum absolute atomic E-state index is 13.6. The van der Waals surface area contributed by atoms with Gasteiger partial charge < -0.3 is 19.7 Å². The molecule has 1 N–H and O–H groups in total. The molecule has 0 aromatic heterocycles. The Labute approximate surface area is 235 Å². The molecule has 2 atom stereocenters. The summed E-state index contributed by atoms with van der Waals surface area (Å²) >= 11 is 0. The number of nitrogens with zero attached hydrogens (tertiary/aromatic N) is 2. The zero-order valence-corrected chi connectivity index (χ0v) is 23.2. The number of likely N-dealkylation sites (tertiary alicyclic amines) is 2. The zero-order chi connectivity index (χ0) is 28.4. The van der Waals surface area contributed by atoms with Gasteiger partial charge in [-0.2, -0.15) is 0 Å². The van der Waals surface area contributed by atoms with Gasteiger partial charge in [-0.05, 0) is 63.2 Å². The topological polar surface area (TPSA) is 105 Å². The van der Waals surface area contributed by atoms with Crippen molar-refractivity contribution in [2.45, 2.75) is 70.2 Å². The lowest BCUT2D eigenvalue weighted by Gasteiger charge is -2.36. The molecular weight excluding hydrogens is 510 g/mol. The van der Waals surface area contributed by atoms with Gasteiger partial charge >= 0.3 is 11.9 Å². The number of carbonyl (C=O) groups excluding carboxylic acids is 4. The fourth-order valence-electron chi connectivity index (χ4n) is 5.28. The minimum Gasteiger partial charge on any atom is -0.461 e. The number of amides is 2. The Morgan fingerprint density at radius 1 is 0.850 bits per heavy atom. The first kappa shape index (κ1) is 29.3. The second-order valence-corrected chi connectivity index (χ2v) is 10.7. The third kappa shape index (κ3) is 7.91. The van der Waals surface area contributed by atoms with Gasteiger partial charge in [-0.3, -0.25) is 19.3 Å². The highest BCUT2D eigenvalue weighted by molar-refractivity contribution is 5.94. The van der Waals surface area contributed by atoms with Crippen molar-refractivity contribution in [1.29, 1.82) is 0 Å². The SMILES string of the molecule is C[C@@]1(C(=O)N[C@@H](CCC(=O)OCc2ccccc2)C(=O)OCc2ccccc2)CCCN1C(=O)CN1CCCC1. The van der Waals surface area contributed by atoms with Gasteiger partial charge in [-0.1, -0.05) is 60.7 Å². The zero-order valence-electron chi connectivity index (χ0n) is 23.2. The van der Waals surface area contributed by atoms with Crippen LogP contribution in [-0.2, 0) is 41.9 Å². The molecule has 2 heterocycles. The van der Waals surface area contributed by atoms with E-state index in [2.05, 4.69) is 10.2 Å². The van der Waals surface area contributed by atoms with Gasteiger partial charge in [-0.25, -0.2) is 4.79 Å². The molecule has 4 rings (SSSR count). The van der Waals surface area contributed by atoms with Crippen LogP contribution in [0.5, 0.6) is 0 Å². The number of benzene rings is 2. The van der Waals surface area contributed by atoms with Crippen LogP contribution in [0.15, 0.2) is 60.7 Å². The number of hydrogen-bond acceptors (Lipinski definition) is 7. The predicted octanol–water partition coefficient (Wildman–Crippen LogP) is 3.22. The molecular formula is C31H39N3O6. The highest BCUT2D eigenvalue weighted by Crippen LogP contribution is 2.30. The summed E-state index contributed by atoms with van der Waals surface area (Å²) < 4.78 is 10.9. The van der Waals surface area contributed by atoms with Crippen molar-refractivity contribution in [3.8, 4) is 0 Å². The van der Waals surface area contributed by atoms with E-state index in [9.17, 15) is 19.2 Å². The average Bonchev–Trinajstić information content (AvgIpc) is 3.64. The van der Waals surface area contributed by atoms with Crippen LogP contribution >= 0.6 is 0 Å². The Hall–Kier alpha value is -3.72. The minimum atomic E-state index is -1.08. The van der Waals surface area contributed by atoms with Crippen molar-refractivity contribution in [1.82, 2.24) is 15.1 Å². The summed E-state index contributed by atoms with van der Waals surface area (Å²) in [5.74, 6) is -1.61. The summed E-state index contributed by atoms with van der Waals surface area (Å²) in [5, 5.41) is 2.81. The van der Waals surface area contributed by atoms with Crippen LogP contribution in [0.4, 0.5) is 0 Å². The summed E-state index contributed by atoms with van der Waals surface area (Å²) in [6.45, 7) is 4.47. The molecule has 2 amide bonds. The van der Waals surface area contributed by atoms with E-state index in [0.29, 0.717) is 25.9 Å². The van der Waals surface area contributed by atoms with Crippen molar-refractivity contribution in [3.63, 3.8) is 0 Å². The van der Waals surface area contributed by atoms with Gasteiger partial charge in [0.1, 0.15) is 24.8 Å². The maximum atomic E-state index is 13.6. The highest BCUT2D eigenvalue weighted by Gasteiger charge is 2.47. The molecule has 2 aliphatic heterocycles. The highest BCUT2D eigenvalue weighted by atomic mass is 16.5. The summed E-state index contributed by atoms with van der Waals surface area (Å²) in [7, 11) is 0. The number of ether oxygens (including phenoxy) is 2. The lowest BCUT2D eigenvalue weighted by atomic mass is 9.96. The van der Waals surface area contributed by atoms with Gasteiger partial charge in [0, 0.05) is 13.0 Å². The van der Waals surface area contributed by atoms with Crippen molar-refractivity contribution in [2.75, 3.05) is 26.2 Å². The van der Waals surface area contributed by atoms with Crippen molar-refractivity contribution in [2.24, 2.45) is 0 Å². The number of nitrogens with one attached hydrogen (secondary N) is 1. The maximum Gasteiger partial charge on any atom is 0.328 e. The van der Waals surface area contributed by atoms with E-state index in [0.717, 1.165) is 37.1 Å². The lowest BCUT2D eigenvalue weighted by Crippen LogP contribution is -2.59. The second kappa shape index (κ2) is 14.1. The Balaban J connectivity index is 1.39.